The van der Waals surface area contributed by atoms with Crippen LogP contribution in [0.4, 0.5) is 4.39 Å². The number of alkyl halides is 1. The van der Waals surface area contributed by atoms with E-state index in [2.05, 4.69) is 21.2 Å². The molecule has 2 atom stereocenters. The molecule has 1 aliphatic carbocycles. The van der Waals surface area contributed by atoms with E-state index in [0.29, 0.717) is 22.3 Å². The number of amides is 1. The van der Waals surface area contributed by atoms with Gasteiger partial charge in [-0.1, -0.05) is 40.4 Å². The van der Waals surface area contributed by atoms with Crippen molar-refractivity contribution in [3.8, 4) is 0 Å². The predicted octanol–water partition coefficient (Wildman–Crippen LogP) is 4.16. The Morgan fingerprint density at radius 1 is 1.42 bits per heavy atom. The molecule has 0 heterocycles. The summed E-state index contributed by atoms with van der Waals surface area (Å²) < 4.78 is 13.6. The number of halogens is 3. The van der Waals surface area contributed by atoms with Crippen LogP contribution in [0.2, 0.25) is 5.02 Å². The molecule has 2 rings (SSSR count). The van der Waals surface area contributed by atoms with E-state index < -0.39 is 5.82 Å². The van der Waals surface area contributed by atoms with Crippen LogP contribution in [0.1, 0.15) is 36.0 Å². The number of hydrogen-bond donors (Lipinski definition) is 1. The highest BCUT2D eigenvalue weighted by atomic mass is 79.9. The van der Waals surface area contributed by atoms with Crippen LogP contribution < -0.4 is 5.32 Å². The minimum absolute atomic E-state index is 0.0475. The largest absolute Gasteiger partial charge is 0.352 e. The van der Waals surface area contributed by atoms with Gasteiger partial charge in [-0.25, -0.2) is 4.39 Å². The van der Waals surface area contributed by atoms with Crippen molar-refractivity contribution in [2.75, 3.05) is 6.54 Å². The zero-order chi connectivity index (χ0) is 13.8. The first-order chi connectivity index (χ1) is 9.08. The Kier molecular flexibility index (Phi) is 5.22. The Morgan fingerprint density at radius 3 is 2.84 bits per heavy atom. The van der Waals surface area contributed by atoms with Gasteiger partial charge in [0.1, 0.15) is 5.82 Å². The molecular weight excluding hydrogens is 333 g/mol. The molecule has 2 nitrogen and oxygen atoms in total. The van der Waals surface area contributed by atoms with Crippen LogP contribution in [0, 0.1) is 11.7 Å². The molecule has 19 heavy (non-hydrogen) atoms. The van der Waals surface area contributed by atoms with Crippen LogP contribution in [0.3, 0.4) is 0 Å². The van der Waals surface area contributed by atoms with E-state index in [1.165, 1.54) is 25.0 Å². The summed E-state index contributed by atoms with van der Waals surface area (Å²) in [6, 6.07) is 4.09. The number of rotatable bonds is 3. The lowest BCUT2D eigenvalue weighted by molar-refractivity contribution is 0.0940. The van der Waals surface area contributed by atoms with Gasteiger partial charge in [-0.05, 0) is 37.0 Å². The highest BCUT2D eigenvalue weighted by Crippen LogP contribution is 2.29. The van der Waals surface area contributed by atoms with Crippen LogP contribution in [-0.4, -0.2) is 17.3 Å². The third-order valence-electron chi connectivity index (χ3n) is 3.52. The van der Waals surface area contributed by atoms with E-state index in [1.54, 1.807) is 0 Å². The third-order valence-corrected chi connectivity index (χ3v) is 4.96. The summed E-state index contributed by atoms with van der Waals surface area (Å²) in [7, 11) is 0. The molecule has 0 saturated heterocycles. The van der Waals surface area contributed by atoms with E-state index in [-0.39, 0.29) is 11.5 Å². The van der Waals surface area contributed by atoms with Crippen molar-refractivity contribution in [3.63, 3.8) is 0 Å². The molecule has 1 N–H and O–H groups in total. The lowest BCUT2D eigenvalue weighted by atomic mass is 9.89. The Labute approximate surface area is 125 Å². The molecule has 1 fully saturated rings. The molecule has 0 aliphatic heterocycles. The van der Waals surface area contributed by atoms with Gasteiger partial charge in [-0.3, -0.25) is 4.79 Å². The van der Waals surface area contributed by atoms with Crippen LogP contribution in [-0.2, 0) is 0 Å². The van der Waals surface area contributed by atoms with Gasteiger partial charge >= 0.3 is 0 Å². The second-order valence-electron chi connectivity index (χ2n) is 4.89. The Hall–Kier alpha value is -0.610. The molecule has 1 aromatic rings. The lowest BCUT2D eigenvalue weighted by Crippen LogP contribution is -2.34. The number of carbonyl (C=O) groups is 1. The Balaban J connectivity index is 1.93. The van der Waals surface area contributed by atoms with Crippen molar-refractivity contribution in [3.05, 3.63) is 34.6 Å². The average molecular weight is 349 g/mol. The van der Waals surface area contributed by atoms with Gasteiger partial charge in [0, 0.05) is 16.4 Å². The van der Waals surface area contributed by atoms with Crippen LogP contribution in [0.25, 0.3) is 0 Å². The van der Waals surface area contributed by atoms with Crippen molar-refractivity contribution < 1.29 is 9.18 Å². The SMILES string of the molecule is O=C(NCC1CCCCC1Br)c1ccc(Cl)cc1F. The fraction of sp³-hybridized carbons (Fsp3) is 0.500. The van der Waals surface area contributed by atoms with Crippen LogP contribution >= 0.6 is 27.5 Å². The maximum atomic E-state index is 13.6. The summed E-state index contributed by atoms with van der Waals surface area (Å²) in [5, 5.41) is 3.10. The number of benzene rings is 1. The maximum absolute atomic E-state index is 13.6. The van der Waals surface area contributed by atoms with Crippen molar-refractivity contribution in [1.29, 1.82) is 0 Å². The first-order valence-electron chi connectivity index (χ1n) is 6.45. The summed E-state index contributed by atoms with van der Waals surface area (Å²) in [6.45, 7) is 0.580. The van der Waals surface area contributed by atoms with Gasteiger partial charge in [0.2, 0.25) is 0 Å². The van der Waals surface area contributed by atoms with Crippen molar-refractivity contribution in [2.45, 2.75) is 30.5 Å². The lowest BCUT2D eigenvalue weighted by Gasteiger charge is -2.27. The number of hydrogen-bond acceptors (Lipinski definition) is 1. The van der Waals surface area contributed by atoms with Gasteiger partial charge in [-0.2, -0.15) is 0 Å². The van der Waals surface area contributed by atoms with Gasteiger partial charge in [0.25, 0.3) is 5.91 Å². The van der Waals surface area contributed by atoms with E-state index in [0.717, 1.165) is 18.9 Å². The second kappa shape index (κ2) is 6.71. The number of nitrogens with one attached hydrogen (secondary N) is 1. The predicted molar refractivity (Wildman–Crippen MR) is 78.4 cm³/mol. The standard InChI is InChI=1S/C14H16BrClFNO/c15-12-4-2-1-3-9(12)8-18-14(19)11-6-5-10(16)7-13(11)17/h5-7,9,12H,1-4,8H2,(H,18,19). The molecule has 1 amide bonds. The molecule has 0 radical (unpaired) electrons. The van der Waals surface area contributed by atoms with Crippen LogP contribution in [0.5, 0.6) is 0 Å². The van der Waals surface area contributed by atoms with Crippen molar-refractivity contribution in [2.24, 2.45) is 5.92 Å². The minimum atomic E-state index is -0.580. The van der Waals surface area contributed by atoms with Crippen molar-refractivity contribution >= 4 is 33.4 Å². The van der Waals surface area contributed by atoms with Gasteiger partial charge in [0.15, 0.2) is 0 Å². The fourth-order valence-corrected chi connectivity index (χ4v) is 3.32. The monoisotopic (exact) mass is 347 g/mol. The summed E-state index contributed by atoms with van der Waals surface area (Å²) in [6.07, 6.45) is 4.65. The molecule has 0 bridgehead atoms. The first-order valence-corrected chi connectivity index (χ1v) is 7.74. The normalized spacial score (nSPS) is 23.1. The fourth-order valence-electron chi connectivity index (χ4n) is 2.38. The molecule has 5 heteroatoms. The topological polar surface area (TPSA) is 29.1 Å². The molecule has 1 saturated carbocycles. The third kappa shape index (κ3) is 3.93. The van der Waals surface area contributed by atoms with E-state index in [9.17, 15) is 9.18 Å². The molecule has 2 unspecified atom stereocenters. The van der Waals surface area contributed by atoms with Gasteiger partial charge in [0.05, 0.1) is 5.56 Å². The summed E-state index contributed by atoms with van der Waals surface area (Å²) >= 11 is 9.30. The van der Waals surface area contributed by atoms with Crippen molar-refractivity contribution in [1.82, 2.24) is 5.32 Å². The smallest absolute Gasteiger partial charge is 0.254 e. The molecule has 1 aliphatic rings. The summed E-state index contributed by atoms with van der Waals surface area (Å²) in [4.78, 5) is 12.4. The molecule has 104 valence electrons. The highest BCUT2D eigenvalue weighted by molar-refractivity contribution is 9.09. The van der Waals surface area contributed by atoms with Gasteiger partial charge in [-0.15, -0.1) is 0 Å². The minimum Gasteiger partial charge on any atom is -0.352 e. The Morgan fingerprint density at radius 2 is 2.16 bits per heavy atom. The highest BCUT2D eigenvalue weighted by Gasteiger charge is 2.23. The second-order valence-corrected chi connectivity index (χ2v) is 6.51. The Bertz CT molecular complexity index is 469. The molecular formula is C14H16BrClFNO. The van der Waals surface area contributed by atoms with Crippen LogP contribution in [0.15, 0.2) is 18.2 Å². The zero-order valence-corrected chi connectivity index (χ0v) is 12.8. The summed E-state index contributed by atoms with van der Waals surface area (Å²) in [5.74, 6) is -0.531. The van der Waals surface area contributed by atoms with E-state index in [4.69, 9.17) is 11.6 Å². The summed E-state index contributed by atoms with van der Waals surface area (Å²) in [5.41, 5.74) is 0.0475. The molecule has 0 spiro atoms. The number of carbonyl (C=O) groups excluding carboxylic acids is 1. The quantitative estimate of drug-likeness (QED) is 0.816. The zero-order valence-electron chi connectivity index (χ0n) is 10.5. The first kappa shape index (κ1) is 14.8. The van der Waals surface area contributed by atoms with E-state index in [1.807, 2.05) is 0 Å². The van der Waals surface area contributed by atoms with Gasteiger partial charge < -0.3 is 5.32 Å². The molecule has 0 aromatic heterocycles. The maximum Gasteiger partial charge on any atom is 0.254 e. The van der Waals surface area contributed by atoms with E-state index >= 15 is 0 Å². The average Bonchev–Trinajstić information content (AvgIpc) is 2.37. The molecule has 1 aromatic carbocycles.